The molecular weight excluding hydrogens is 234 g/mol. The minimum Gasteiger partial charge on any atom is -0.376 e. The second-order valence-electron chi connectivity index (χ2n) is 6.82. The summed E-state index contributed by atoms with van der Waals surface area (Å²) in [5.74, 6) is 0. The smallest absolute Gasteiger partial charge is 0.0870 e. The van der Waals surface area contributed by atoms with Gasteiger partial charge in [0.25, 0.3) is 0 Å². The molecule has 0 radical (unpaired) electrons. The Hall–Kier alpha value is -0.860. The monoisotopic (exact) mass is 261 g/mol. The highest BCUT2D eigenvalue weighted by molar-refractivity contribution is 5.26. The van der Waals surface area contributed by atoms with Crippen LogP contribution < -0.4 is 5.73 Å². The predicted molar refractivity (Wildman–Crippen MR) is 80.1 cm³/mol. The maximum absolute atomic E-state index is 6.53. The molecule has 1 aromatic carbocycles. The summed E-state index contributed by atoms with van der Waals surface area (Å²) in [6, 6.07) is 8.51. The molecule has 1 fully saturated rings. The van der Waals surface area contributed by atoms with Crippen molar-refractivity contribution in [3.05, 3.63) is 35.4 Å². The number of hydrogen-bond donors (Lipinski definition) is 1. The van der Waals surface area contributed by atoms with Crippen molar-refractivity contribution in [1.82, 2.24) is 0 Å². The Bertz CT molecular complexity index is 411. The zero-order valence-electron chi connectivity index (χ0n) is 12.7. The number of hydrogen-bond acceptors (Lipinski definition) is 2. The zero-order chi connectivity index (χ0) is 14.1. The summed E-state index contributed by atoms with van der Waals surface area (Å²) in [4.78, 5) is 0. The van der Waals surface area contributed by atoms with E-state index in [1.807, 2.05) is 7.11 Å². The highest BCUT2D eigenvalue weighted by Gasteiger charge is 2.43. The number of aryl methyl sites for hydroxylation is 1. The van der Waals surface area contributed by atoms with E-state index in [2.05, 4.69) is 45.0 Å². The zero-order valence-corrected chi connectivity index (χ0v) is 12.7. The fourth-order valence-electron chi connectivity index (χ4n) is 3.07. The van der Waals surface area contributed by atoms with Crippen LogP contribution >= 0.6 is 0 Å². The second-order valence-corrected chi connectivity index (χ2v) is 6.82. The van der Waals surface area contributed by atoms with Gasteiger partial charge in [-0.1, -0.05) is 43.7 Å². The van der Waals surface area contributed by atoms with Crippen LogP contribution in [0.25, 0.3) is 0 Å². The lowest BCUT2D eigenvalue weighted by atomic mass is 9.67. The highest BCUT2D eigenvalue weighted by atomic mass is 16.5. The topological polar surface area (TPSA) is 35.2 Å². The summed E-state index contributed by atoms with van der Waals surface area (Å²) in [5.41, 5.74) is 9.22. The van der Waals surface area contributed by atoms with E-state index in [0.29, 0.717) is 5.41 Å². The van der Waals surface area contributed by atoms with E-state index < -0.39 is 0 Å². The number of benzene rings is 1. The third-order valence-electron chi connectivity index (χ3n) is 4.86. The summed E-state index contributed by atoms with van der Waals surface area (Å²) in [7, 11) is 1.81. The standard InChI is InChI=1S/C17H27NO/c1-13-5-7-14(8-6-13)15(18)17(19-4)11-9-16(2,3)10-12-17/h5-8,15H,9-12,18H2,1-4H3. The number of rotatable bonds is 3. The third kappa shape index (κ3) is 3.01. The average molecular weight is 261 g/mol. The molecule has 106 valence electrons. The van der Waals surface area contributed by atoms with E-state index >= 15 is 0 Å². The van der Waals surface area contributed by atoms with Crippen molar-refractivity contribution >= 4 is 0 Å². The molecule has 1 aliphatic carbocycles. The summed E-state index contributed by atoms with van der Waals surface area (Å²) < 4.78 is 5.89. The van der Waals surface area contributed by atoms with Crippen LogP contribution in [0.4, 0.5) is 0 Å². The second kappa shape index (κ2) is 5.26. The van der Waals surface area contributed by atoms with Gasteiger partial charge in [-0.15, -0.1) is 0 Å². The van der Waals surface area contributed by atoms with Gasteiger partial charge in [-0.25, -0.2) is 0 Å². The van der Waals surface area contributed by atoms with Crippen molar-refractivity contribution in [1.29, 1.82) is 0 Å². The fourth-order valence-corrected chi connectivity index (χ4v) is 3.07. The van der Waals surface area contributed by atoms with Gasteiger partial charge in [0, 0.05) is 7.11 Å². The largest absolute Gasteiger partial charge is 0.376 e. The van der Waals surface area contributed by atoms with Gasteiger partial charge in [-0.3, -0.25) is 0 Å². The van der Waals surface area contributed by atoms with Crippen LogP contribution in [0.3, 0.4) is 0 Å². The molecule has 0 aliphatic heterocycles. The molecule has 19 heavy (non-hydrogen) atoms. The van der Waals surface area contributed by atoms with Crippen LogP contribution in [0.15, 0.2) is 24.3 Å². The lowest BCUT2D eigenvalue weighted by Crippen LogP contribution is -2.47. The molecule has 0 spiro atoms. The average Bonchev–Trinajstić information content (AvgIpc) is 2.40. The molecular formula is C17H27NO. The van der Waals surface area contributed by atoms with E-state index in [1.165, 1.54) is 24.0 Å². The van der Waals surface area contributed by atoms with Crippen LogP contribution in [-0.2, 0) is 4.74 Å². The van der Waals surface area contributed by atoms with Crippen molar-refractivity contribution in [3.8, 4) is 0 Å². The SMILES string of the molecule is COC1(C(N)c2ccc(C)cc2)CCC(C)(C)CC1. The van der Waals surface area contributed by atoms with Gasteiger partial charge in [0.15, 0.2) is 0 Å². The first-order valence-corrected chi connectivity index (χ1v) is 7.26. The maximum Gasteiger partial charge on any atom is 0.0870 e. The van der Waals surface area contributed by atoms with Gasteiger partial charge in [0.2, 0.25) is 0 Å². The maximum atomic E-state index is 6.53. The molecule has 1 unspecified atom stereocenters. The molecule has 1 aromatic rings. The Morgan fingerprint density at radius 1 is 1.05 bits per heavy atom. The number of methoxy groups -OCH3 is 1. The lowest BCUT2D eigenvalue weighted by Gasteiger charge is -2.46. The first-order chi connectivity index (χ1) is 8.88. The van der Waals surface area contributed by atoms with Gasteiger partial charge in [-0.2, -0.15) is 0 Å². The predicted octanol–water partition coefficient (Wildman–Crippen LogP) is 3.98. The Morgan fingerprint density at radius 3 is 2.05 bits per heavy atom. The Labute approximate surface area is 117 Å². The minimum atomic E-state index is -0.190. The van der Waals surface area contributed by atoms with Gasteiger partial charge in [0.1, 0.15) is 0 Å². The Morgan fingerprint density at radius 2 is 1.58 bits per heavy atom. The molecule has 2 heteroatoms. The van der Waals surface area contributed by atoms with Gasteiger partial charge in [-0.05, 0) is 43.6 Å². The van der Waals surface area contributed by atoms with Crippen LogP contribution in [0.2, 0.25) is 0 Å². The number of ether oxygens (including phenoxy) is 1. The third-order valence-corrected chi connectivity index (χ3v) is 4.86. The molecule has 1 atom stereocenters. The van der Waals surface area contributed by atoms with Crippen LogP contribution in [0.5, 0.6) is 0 Å². The molecule has 1 aliphatic rings. The summed E-state index contributed by atoms with van der Waals surface area (Å²) in [6.07, 6.45) is 4.46. The van der Waals surface area contributed by atoms with Crippen molar-refractivity contribution in [3.63, 3.8) is 0 Å². The highest BCUT2D eigenvalue weighted by Crippen LogP contribution is 2.46. The lowest BCUT2D eigenvalue weighted by molar-refractivity contribution is -0.0794. The van der Waals surface area contributed by atoms with Crippen LogP contribution in [0.1, 0.15) is 56.7 Å². The Kier molecular flexibility index (Phi) is 4.03. The summed E-state index contributed by atoms with van der Waals surface area (Å²) >= 11 is 0. The molecule has 2 N–H and O–H groups in total. The van der Waals surface area contributed by atoms with E-state index in [4.69, 9.17) is 10.5 Å². The van der Waals surface area contributed by atoms with Crippen molar-refractivity contribution in [2.75, 3.05) is 7.11 Å². The molecule has 1 saturated carbocycles. The van der Waals surface area contributed by atoms with Crippen LogP contribution in [-0.4, -0.2) is 12.7 Å². The molecule has 0 bridgehead atoms. The van der Waals surface area contributed by atoms with Gasteiger partial charge in [0.05, 0.1) is 11.6 Å². The van der Waals surface area contributed by atoms with E-state index in [0.717, 1.165) is 12.8 Å². The molecule has 0 heterocycles. The Balaban J connectivity index is 2.19. The van der Waals surface area contributed by atoms with Gasteiger partial charge < -0.3 is 10.5 Å². The molecule has 2 rings (SSSR count). The van der Waals surface area contributed by atoms with E-state index in [-0.39, 0.29) is 11.6 Å². The van der Waals surface area contributed by atoms with Crippen molar-refractivity contribution in [2.45, 2.75) is 58.1 Å². The number of nitrogens with two attached hydrogens (primary N) is 1. The van der Waals surface area contributed by atoms with Crippen molar-refractivity contribution in [2.24, 2.45) is 11.1 Å². The minimum absolute atomic E-state index is 0.0331. The molecule has 0 saturated heterocycles. The quantitative estimate of drug-likeness (QED) is 0.893. The molecule has 0 aromatic heterocycles. The molecule has 0 amide bonds. The first-order valence-electron chi connectivity index (χ1n) is 7.26. The molecule has 2 nitrogen and oxygen atoms in total. The first kappa shape index (κ1) is 14.5. The van der Waals surface area contributed by atoms with E-state index in [9.17, 15) is 0 Å². The summed E-state index contributed by atoms with van der Waals surface area (Å²) in [5, 5.41) is 0. The van der Waals surface area contributed by atoms with Crippen LogP contribution in [0, 0.1) is 12.3 Å². The fraction of sp³-hybridized carbons (Fsp3) is 0.647. The summed E-state index contributed by atoms with van der Waals surface area (Å²) in [6.45, 7) is 6.78. The van der Waals surface area contributed by atoms with Gasteiger partial charge >= 0.3 is 0 Å². The van der Waals surface area contributed by atoms with Crippen molar-refractivity contribution < 1.29 is 4.74 Å². The van der Waals surface area contributed by atoms with E-state index in [1.54, 1.807) is 0 Å². The normalized spacial score (nSPS) is 23.0.